The fraction of sp³-hybridized carbons (Fsp3) is 0.500. The van der Waals surface area contributed by atoms with Crippen molar-refractivity contribution in [3.05, 3.63) is 24.8 Å². The molecule has 11 heavy (non-hydrogen) atoms. The molecule has 0 rings (SSSR count). The maximum atomic E-state index is 11.3. The molecule has 0 heterocycles. The third-order valence-corrected chi connectivity index (χ3v) is 0.822. The van der Waals surface area contributed by atoms with Gasteiger partial charge in [-0.15, -0.1) is 6.58 Å². The molecule has 0 aromatic carbocycles. The molecular weight excluding hydrogens is 167 g/mol. The smallest absolute Gasteiger partial charge is 0.146 e. The van der Waals surface area contributed by atoms with Crippen LogP contribution in [-0.4, -0.2) is 16.8 Å². The second-order valence-electron chi connectivity index (χ2n) is 1.81. The van der Waals surface area contributed by atoms with Crippen molar-refractivity contribution in [3.63, 3.8) is 0 Å². The van der Waals surface area contributed by atoms with Crippen molar-refractivity contribution in [1.82, 2.24) is 0 Å². The fourth-order valence-electron chi connectivity index (χ4n) is 0.159. The van der Waals surface area contributed by atoms with Crippen LogP contribution < -0.4 is 0 Å². The predicted molar refractivity (Wildman–Crippen MR) is 47.4 cm³/mol. The molecule has 0 aromatic rings. The highest BCUT2D eigenvalue weighted by atomic mass is 35.5. The van der Waals surface area contributed by atoms with Gasteiger partial charge in [-0.2, -0.15) is 0 Å². The molecule has 0 fully saturated rings. The van der Waals surface area contributed by atoms with E-state index in [-0.39, 0.29) is 0 Å². The Morgan fingerprint density at radius 3 is 2.00 bits per heavy atom. The third-order valence-electron chi connectivity index (χ3n) is 0.676. The Kier molecular flexibility index (Phi) is 11.6. The van der Waals surface area contributed by atoms with Crippen molar-refractivity contribution in [1.29, 1.82) is 0 Å². The minimum Gasteiger partial charge on any atom is -0.374 e. The van der Waals surface area contributed by atoms with Gasteiger partial charge in [0.15, 0.2) is 0 Å². The van der Waals surface area contributed by atoms with E-state index in [4.69, 9.17) is 16.7 Å². The largest absolute Gasteiger partial charge is 0.374 e. The molecular formula is C8H14ClFO. The van der Waals surface area contributed by atoms with E-state index in [0.29, 0.717) is 0 Å². The van der Waals surface area contributed by atoms with Crippen molar-refractivity contribution in [3.8, 4) is 0 Å². The maximum absolute atomic E-state index is 11.3. The zero-order valence-electron chi connectivity index (χ0n) is 6.80. The number of halogens is 2. The maximum Gasteiger partial charge on any atom is 0.146 e. The molecule has 0 aliphatic carbocycles. The van der Waals surface area contributed by atoms with E-state index in [2.05, 4.69) is 6.58 Å². The number of hydrogen-bond donors (Lipinski definition) is 1. The summed E-state index contributed by atoms with van der Waals surface area (Å²) >= 11 is 5.05. The average Bonchev–Trinajstić information content (AvgIpc) is 1.89. The van der Waals surface area contributed by atoms with Crippen molar-refractivity contribution < 1.29 is 9.50 Å². The van der Waals surface area contributed by atoms with Crippen LogP contribution in [-0.2, 0) is 0 Å². The van der Waals surface area contributed by atoms with Gasteiger partial charge in [0.1, 0.15) is 11.7 Å². The molecule has 0 aliphatic rings. The standard InChI is InChI=1S/C4H7ClO.C4H7F/c1-2-3-4(5)6;1-3-4(2)5/h2-4,6H,1H3;3-4H,1H2,2H3/b3-2+;. The molecule has 0 amide bonds. The van der Waals surface area contributed by atoms with Crippen LogP contribution in [0.3, 0.4) is 0 Å². The zero-order chi connectivity index (χ0) is 9.28. The van der Waals surface area contributed by atoms with E-state index < -0.39 is 11.7 Å². The third kappa shape index (κ3) is 26.1. The number of hydrogen-bond acceptors (Lipinski definition) is 1. The molecule has 0 aliphatic heterocycles. The topological polar surface area (TPSA) is 20.2 Å². The number of aliphatic hydroxyl groups is 1. The first-order valence-electron chi connectivity index (χ1n) is 3.26. The fourth-order valence-corrected chi connectivity index (χ4v) is 0.304. The van der Waals surface area contributed by atoms with E-state index in [9.17, 15) is 4.39 Å². The summed E-state index contributed by atoms with van der Waals surface area (Å²) in [6, 6.07) is 0. The molecule has 1 N–H and O–H groups in total. The Morgan fingerprint density at radius 2 is 2.00 bits per heavy atom. The Hall–Kier alpha value is -0.340. The quantitative estimate of drug-likeness (QED) is 0.512. The molecule has 0 aromatic heterocycles. The first-order chi connectivity index (χ1) is 5.04. The van der Waals surface area contributed by atoms with Gasteiger partial charge in [-0.1, -0.05) is 23.8 Å². The average molecular weight is 181 g/mol. The van der Waals surface area contributed by atoms with Gasteiger partial charge in [0.05, 0.1) is 0 Å². The van der Waals surface area contributed by atoms with Crippen molar-refractivity contribution >= 4 is 11.6 Å². The molecule has 0 bridgehead atoms. The lowest BCUT2D eigenvalue weighted by Crippen LogP contribution is -1.84. The molecule has 2 unspecified atom stereocenters. The Bertz CT molecular complexity index is 111. The second-order valence-corrected chi connectivity index (χ2v) is 2.26. The van der Waals surface area contributed by atoms with Gasteiger partial charge in [-0.25, -0.2) is 4.39 Å². The van der Waals surface area contributed by atoms with Gasteiger partial charge < -0.3 is 5.11 Å². The highest BCUT2D eigenvalue weighted by Gasteiger charge is 1.81. The molecule has 3 heteroatoms. The number of alkyl halides is 2. The normalized spacial score (nSPS) is 15.0. The lowest BCUT2D eigenvalue weighted by Gasteiger charge is -1.84. The summed E-state index contributed by atoms with van der Waals surface area (Å²) in [4.78, 5) is 0. The highest BCUT2D eigenvalue weighted by Crippen LogP contribution is 1.88. The predicted octanol–water partition coefficient (Wildman–Crippen LogP) is 2.65. The van der Waals surface area contributed by atoms with E-state index in [1.54, 1.807) is 13.0 Å². The highest BCUT2D eigenvalue weighted by molar-refractivity contribution is 6.20. The Morgan fingerprint density at radius 1 is 1.64 bits per heavy atom. The van der Waals surface area contributed by atoms with Gasteiger partial charge >= 0.3 is 0 Å². The molecule has 0 radical (unpaired) electrons. The molecule has 1 nitrogen and oxygen atoms in total. The summed E-state index contributed by atoms with van der Waals surface area (Å²) in [7, 11) is 0. The Labute approximate surface area is 72.2 Å². The van der Waals surface area contributed by atoms with Gasteiger partial charge in [-0.3, -0.25) is 0 Å². The summed E-state index contributed by atoms with van der Waals surface area (Å²) in [6.07, 6.45) is 3.58. The Balaban J connectivity index is 0. The van der Waals surface area contributed by atoms with Gasteiger partial charge in [0.2, 0.25) is 0 Å². The molecule has 0 saturated heterocycles. The molecule has 66 valence electrons. The van der Waals surface area contributed by atoms with Crippen LogP contribution >= 0.6 is 11.6 Å². The van der Waals surface area contributed by atoms with Crippen LogP contribution in [0.4, 0.5) is 4.39 Å². The van der Waals surface area contributed by atoms with E-state index in [1.165, 1.54) is 19.1 Å². The summed E-state index contributed by atoms with van der Waals surface area (Å²) in [5.74, 6) is 0. The lowest BCUT2D eigenvalue weighted by molar-refractivity contribution is 0.303. The summed E-state index contributed by atoms with van der Waals surface area (Å²) in [6.45, 7) is 6.42. The minimum atomic E-state index is -0.852. The van der Waals surface area contributed by atoms with Crippen molar-refractivity contribution in [2.24, 2.45) is 0 Å². The first-order valence-corrected chi connectivity index (χ1v) is 3.69. The van der Waals surface area contributed by atoms with Gasteiger partial charge in [0.25, 0.3) is 0 Å². The van der Waals surface area contributed by atoms with Gasteiger partial charge in [-0.05, 0) is 19.9 Å². The number of aliphatic hydroxyl groups excluding tert-OH is 1. The monoisotopic (exact) mass is 180 g/mol. The molecule has 0 spiro atoms. The minimum absolute atomic E-state index is 0.810. The van der Waals surface area contributed by atoms with Gasteiger partial charge in [0, 0.05) is 0 Å². The van der Waals surface area contributed by atoms with Crippen LogP contribution in [0.25, 0.3) is 0 Å². The van der Waals surface area contributed by atoms with Crippen LogP contribution in [0.15, 0.2) is 24.8 Å². The second kappa shape index (κ2) is 9.66. The summed E-state index contributed by atoms with van der Waals surface area (Å²) in [5, 5.41) is 8.23. The summed E-state index contributed by atoms with van der Waals surface area (Å²) < 4.78 is 11.3. The van der Waals surface area contributed by atoms with Crippen molar-refractivity contribution in [2.45, 2.75) is 25.6 Å². The number of allylic oxidation sites excluding steroid dienone is 2. The SMILES string of the molecule is C/C=C/C(O)Cl.C=CC(C)F. The van der Waals surface area contributed by atoms with Crippen LogP contribution in [0.2, 0.25) is 0 Å². The molecule has 2 atom stereocenters. The zero-order valence-corrected chi connectivity index (χ0v) is 7.55. The van der Waals surface area contributed by atoms with Crippen LogP contribution in [0.1, 0.15) is 13.8 Å². The van der Waals surface area contributed by atoms with Crippen LogP contribution in [0.5, 0.6) is 0 Å². The summed E-state index contributed by atoms with van der Waals surface area (Å²) in [5.41, 5.74) is -0.810. The van der Waals surface area contributed by atoms with Crippen molar-refractivity contribution in [2.75, 3.05) is 0 Å². The van der Waals surface area contributed by atoms with E-state index >= 15 is 0 Å². The lowest BCUT2D eigenvalue weighted by atomic mass is 10.4. The van der Waals surface area contributed by atoms with E-state index in [1.807, 2.05) is 0 Å². The van der Waals surface area contributed by atoms with Crippen LogP contribution in [0, 0.1) is 0 Å². The number of rotatable bonds is 2. The molecule has 0 saturated carbocycles. The van der Waals surface area contributed by atoms with E-state index in [0.717, 1.165) is 0 Å². The first kappa shape index (κ1) is 13.3.